The number of amides is 2. The van der Waals surface area contributed by atoms with E-state index >= 15 is 0 Å². The molecule has 1 aliphatic heterocycles. The fourth-order valence-corrected chi connectivity index (χ4v) is 3.70. The average molecular weight is 369 g/mol. The monoisotopic (exact) mass is 369 g/mol. The number of nitrogens with zero attached hydrogens (tertiary/aromatic N) is 2. The predicted molar refractivity (Wildman–Crippen MR) is 106 cm³/mol. The molecule has 6 heteroatoms. The molecule has 1 unspecified atom stereocenters. The summed E-state index contributed by atoms with van der Waals surface area (Å²) in [5, 5.41) is 14.3. The molecule has 0 saturated carbocycles. The molecule has 2 aromatic carbocycles. The number of rotatable bonds is 5. The summed E-state index contributed by atoms with van der Waals surface area (Å²) in [5.74, 6) is -0.813. The van der Waals surface area contributed by atoms with E-state index in [1.165, 1.54) is 10.8 Å². The van der Waals surface area contributed by atoms with Crippen molar-refractivity contribution in [1.82, 2.24) is 15.1 Å². The van der Waals surface area contributed by atoms with Gasteiger partial charge in [-0.25, -0.2) is 4.79 Å². The molecule has 2 amide bonds. The van der Waals surface area contributed by atoms with Crippen LogP contribution in [0, 0.1) is 0 Å². The van der Waals surface area contributed by atoms with Crippen LogP contribution in [0.5, 0.6) is 0 Å². The van der Waals surface area contributed by atoms with E-state index in [2.05, 4.69) is 29.6 Å². The fraction of sp³-hybridized carbons (Fsp3) is 0.429. The fourth-order valence-electron chi connectivity index (χ4n) is 3.70. The number of carbonyl (C=O) groups is 2. The molecule has 1 aliphatic rings. The van der Waals surface area contributed by atoms with Gasteiger partial charge < -0.3 is 15.3 Å². The van der Waals surface area contributed by atoms with Crippen LogP contribution < -0.4 is 5.32 Å². The van der Waals surface area contributed by atoms with Crippen molar-refractivity contribution in [3.8, 4) is 0 Å². The highest BCUT2D eigenvalue weighted by Gasteiger charge is 2.23. The Labute approximate surface area is 159 Å². The maximum atomic E-state index is 12.5. The average Bonchev–Trinajstić information content (AvgIpc) is 2.92. The lowest BCUT2D eigenvalue weighted by molar-refractivity contribution is -0.138. The molecule has 27 heavy (non-hydrogen) atoms. The molecule has 1 fully saturated rings. The zero-order valence-corrected chi connectivity index (χ0v) is 15.7. The minimum atomic E-state index is -0.813. The lowest BCUT2D eigenvalue weighted by Gasteiger charge is -2.25. The number of carboxylic acid groups (broad SMARTS) is 1. The molecule has 0 radical (unpaired) electrons. The number of benzene rings is 2. The Morgan fingerprint density at radius 1 is 1.15 bits per heavy atom. The highest BCUT2D eigenvalue weighted by molar-refractivity contribution is 5.83. The molecule has 3 rings (SSSR count). The van der Waals surface area contributed by atoms with Gasteiger partial charge in [0, 0.05) is 25.7 Å². The molecule has 1 saturated heterocycles. The van der Waals surface area contributed by atoms with E-state index in [9.17, 15) is 9.59 Å². The summed E-state index contributed by atoms with van der Waals surface area (Å²) in [6.07, 6.45) is 2.60. The van der Waals surface area contributed by atoms with Crippen LogP contribution in [-0.2, 0) is 11.3 Å². The van der Waals surface area contributed by atoms with Crippen LogP contribution in [0.25, 0.3) is 10.8 Å². The Morgan fingerprint density at radius 2 is 1.93 bits per heavy atom. The van der Waals surface area contributed by atoms with E-state index in [0.717, 1.165) is 24.8 Å². The van der Waals surface area contributed by atoms with E-state index in [4.69, 9.17) is 5.11 Å². The van der Waals surface area contributed by atoms with Gasteiger partial charge in [-0.05, 0) is 48.7 Å². The molecule has 0 spiro atoms. The molecule has 2 aromatic rings. The van der Waals surface area contributed by atoms with Crippen LogP contribution in [0.2, 0.25) is 0 Å². The van der Waals surface area contributed by atoms with Gasteiger partial charge in [0.25, 0.3) is 0 Å². The number of carboxylic acids is 1. The first-order chi connectivity index (χ1) is 13.0. The highest BCUT2D eigenvalue weighted by atomic mass is 16.4. The van der Waals surface area contributed by atoms with E-state index in [1.807, 2.05) is 35.0 Å². The molecule has 6 nitrogen and oxygen atoms in total. The minimum Gasteiger partial charge on any atom is -0.480 e. The Bertz CT molecular complexity index is 808. The number of aliphatic carboxylic acids is 1. The summed E-state index contributed by atoms with van der Waals surface area (Å²) in [6.45, 7) is 1.90. The van der Waals surface area contributed by atoms with Crippen LogP contribution in [0.3, 0.4) is 0 Å². The van der Waals surface area contributed by atoms with Crippen molar-refractivity contribution in [2.24, 2.45) is 0 Å². The van der Waals surface area contributed by atoms with Gasteiger partial charge in [0.2, 0.25) is 0 Å². The smallest absolute Gasteiger partial charge is 0.317 e. The number of nitrogens with one attached hydrogen (secondary N) is 1. The van der Waals surface area contributed by atoms with Crippen LogP contribution in [0.1, 0.15) is 24.8 Å². The second kappa shape index (κ2) is 8.86. The Hall–Kier alpha value is -2.60. The molecule has 144 valence electrons. The zero-order chi connectivity index (χ0) is 19.2. The Morgan fingerprint density at radius 3 is 2.70 bits per heavy atom. The normalized spacial score (nSPS) is 17.7. The van der Waals surface area contributed by atoms with Crippen LogP contribution >= 0.6 is 0 Å². The van der Waals surface area contributed by atoms with Crippen LogP contribution in [-0.4, -0.2) is 59.6 Å². The van der Waals surface area contributed by atoms with Crippen molar-refractivity contribution in [3.05, 3.63) is 48.0 Å². The van der Waals surface area contributed by atoms with Gasteiger partial charge in [0.05, 0.1) is 6.54 Å². The van der Waals surface area contributed by atoms with Gasteiger partial charge in [0.15, 0.2) is 0 Å². The summed E-state index contributed by atoms with van der Waals surface area (Å²) in [6, 6.07) is 14.6. The van der Waals surface area contributed by atoms with Crippen molar-refractivity contribution < 1.29 is 14.7 Å². The van der Waals surface area contributed by atoms with E-state index < -0.39 is 5.97 Å². The number of likely N-dealkylation sites (tertiary alicyclic amines) is 1. The van der Waals surface area contributed by atoms with Crippen molar-refractivity contribution in [3.63, 3.8) is 0 Å². The zero-order valence-electron chi connectivity index (χ0n) is 15.7. The third-order valence-electron chi connectivity index (χ3n) is 5.25. The number of hydrogen-bond donors (Lipinski definition) is 2. The van der Waals surface area contributed by atoms with Gasteiger partial charge in [-0.2, -0.15) is 0 Å². The van der Waals surface area contributed by atoms with E-state index in [0.29, 0.717) is 19.6 Å². The third kappa shape index (κ3) is 5.20. The molecule has 0 aliphatic carbocycles. The lowest BCUT2D eigenvalue weighted by atomic mass is 10.1. The van der Waals surface area contributed by atoms with Gasteiger partial charge >= 0.3 is 12.0 Å². The first kappa shape index (κ1) is 19.2. The number of urea groups is 1. The quantitative estimate of drug-likeness (QED) is 0.850. The molecule has 2 N–H and O–H groups in total. The topological polar surface area (TPSA) is 72.9 Å². The van der Waals surface area contributed by atoms with Gasteiger partial charge in [-0.3, -0.25) is 9.69 Å². The third-order valence-corrected chi connectivity index (χ3v) is 5.25. The summed E-state index contributed by atoms with van der Waals surface area (Å²) < 4.78 is 0. The molecule has 1 atom stereocenters. The largest absolute Gasteiger partial charge is 0.480 e. The number of carbonyl (C=O) groups excluding carboxylic acids is 1. The molecule has 1 heterocycles. The van der Waals surface area contributed by atoms with E-state index in [1.54, 1.807) is 0 Å². The maximum absolute atomic E-state index is 12.5. The number of likely N-dealkylation sites (N-methyl/N-ethyl adjacent to an activating group) is 1. The van der Waals surface area contributed by atoms with Crippen LogP contribution in [0.15, 0.2) is 42.5 Å². The van der Waals surface area contributed by atoms with E-state index in [-0.39, 0.29) is 18.6 Å². The standard InChI is InChI=1S/C21H27N3O3/c1-23(15-20(25)26)19-7-4-11-24(12-10-19)21(27)22-14-16-8-9-17-5-2-3-6-18(17)13-16/h2-3,5-6,8-9,13,19H,4,7,10-12,14-15H2,1H3,(H,22,27)(H,25,26). The first-order valence-corrected chi connectivity index (χ1v) is 9.45. The number of fused-ring (bicyclic) bond motifs is 1. The summed E-state index contributed by atoms with van der Waals surface area (Å²) in [4.78, 5) is 27.2. The molecule has 0 aromatic heterocycles. The Kier molecular flexibility index (Phi) is 6.29. The second-order valence-electron chi connectivity index (χ2n) is 7.22. The SMILES string of the molecule is CN(CC(=O)O)C1CCCN(C(=O)NCc2ccc3ccccc3c2)CC1. The minimum absolute atomic E-state index is 0.0405. The first-order valence-electron chi connectivity index (χ1n) is 9.45. The predicted octanol–water partition coefficient (Wildman–Crippen LogP) is 2.92. The van der Waals surface area contributed by atoms with Crippen molar-refractivity contribution in [1.29, 1.82) is 0 Å². The highest BCUT2D eigenvalue weighted by Crippen LogP contribution is 2.17. The summed E-state index contributed by atoms with van der Waals surface area (Å²) >= 11 is 0. The lowest BCUT2D eigenvalue weighted by Crippen LogP contribution is -2.41. The number of hydrogen-bond acceptors (Lipinski definition) is 3. The summed E-state index contributed by atoms with van der Waals surface area (Å²) in [5.41, 5.74) is 1.08. The second-order valence-corrected chi connectivity index (χ2v) is 7.22. The van der Waals surface area contributed by atoms with Crippen molar-refractivity contribution in [2.45, 2.75) is 31.8 Å². The van der Waals surface area contributed by atoms with Gasteiger partial charge in [-0.15, -0.1) is 0 Å². The molecular formula is C21H27N3O3. The molecular weight excluding hydrogens is 342 g/mol. The van der Waals surface area contributed by atoms with Gasteiger partial charge in [-0.1, -0.05) is 36.4 Å². The van der Waals surface area contributed by atoms with Crippen molar-refractivity contribution in [2.75, 3.05) is 26.7 Å². The Balaban J connectivity index is 1.52. The van der Waals surface area contributed by atoms with Crippen LogP contribution in [0.4, 0.5) is 4.79 Å². The molecule has 0 bridgehead atoms. The van der Waals surface area contributed by atoms with Gasteiger partial charge in [0.1, 0.15) is 0 Å². The maximum Gasteiger partial charge on any atom is 0.317 e. The van der Waals surface area contributed by atoms with Crippen molar-refractivity contribution >= 4 is 22.8 Å². The summed E-state index contributed by atoms with van der Waals surface area (Å²) in [7, 11) is 1.84.